The van der Waals surface area contributed by atoms with E-state index in [-0.39, 0.29) is 12.3 Å². The summed E-state index contributed by atoms with van der Waals surface area (Å²) < 4.78 is 23.2. The molecule has 8 heteroatoms. The summed E-state index contributed by atoms with van der Waals surface area (Å²) in [6.07, 6.45) is -0.214. The van der Waals surface area contributed by atoms with E-state index in [0.717, 1.165) is 11.3 Å². The largest absolute Gasteiger partial charge is 0.481 e. The van der Waals surface area contributed by atoms with Crippen LogP contribution >= 0.6 is 0 Å². The quantitative estimate of drug-likeness (QED) is 0.778. The number of rotatable bonds is 6. The van der Waals surface area contributed by atoms with Gasteiger partial charge in [0.05, 0.1) is 5.69 Å². The molecule has 2 aromatic rings. The zero-order valence-corrected chi connectivity index (χ0v) is 14.3. The number of aromatic nitrogens is 1. The minimum Gasteiger partial charge on any atom is -0.481 e. The summed E-state index contributed by atoms with van der Waals surface area (Å²) >= 11 is 0. The van der Waals surface area contributed by atoms with E-state index in [1.165, 1.54) is 31.2 Å². The number of halogens is 1. The maximum absolute atomic E-state index is 12.8. The zero-order chi connectivity index (χ0) is 18.4. The molecule has 0 aliphatic heterocycles. The maximum Gasteiger partial charge on any atom is 0.279 e. The van der Waals surface area contributed by atoms with Gasteiger partial charge in [-0.3, -0.25) is 20.4 Å². The van der Waals surface area contributed by atoms with Gasteiger partial charge in [-0.25, -0.2) is 4.39 Å². The van der Waals surface area contributed by atoms with Crippen molar-refractivity contribution < 1.29 is 23.2 Å². The molecule has 0 saturated carbocycles. The molecule has 1 aromatic heterocycles. The minimum atomic E-state index is -0.853. The SMILES string of the molecule is Cc1noc(C)c1CCC(=O)NNC(=O)[C@H](C)Oc1ccc(F)cc1. The first-order valence-electron chi connectivity index (χ1n) is 7.79. The summed E-state index contributed by atoms with van der Waals surface area (Å²) in [5.41, 5.74) is 6.26. The predicted molar refractivity (Wildman–Crippen MR) is 87.1 cm³/mol. The van der Waals surface area contributed by atoms with E-state index in [9.17, 15) is 14.0 Å². The number of hydrazine groups is 1. The molecule has 0 bridgehead atoms. The molecule has 0 aliphatic carbocycles. The van der Waals surface area contributed by atoms with Crippen LogP contribution < -0.4 is 15.6 Å². The zero-order valence-electron chi connectivity index (χ0n) is 14.3. The van der Waals surface area contributed by atoms with Crippen LogP contribution in [0.1, 0.15) is 30.4 Å². The Morgan fingerprint density at radius 1 is 1.24 bits per heavy atom. The highest BCUT2D eigenvalue weighted by atomic mass is 19.1. The molecule has 7 nitrogen and oxygen atoms in total. The second kappa shape index (κ2) is 8.27. The van der Waals surface area contributed by atoms with E-state index < -0.39 is 17.8 Å². The van der Waals surface area contributed by atoms with Crippen molar-refractivity contribution in [2.45, 2.75) is 39.7 Å². The molecule has 1 aromatic carbocycles. The van der Waals surface area contributed by atoms with E-state index >= 15 is 0 Å². The summed E-state index contributed by atoms with van der Waals surface area (Å²) in [6, 6.07) is 5.30. The monoisotopic (exact) mass is 349 g/mol. The number of carbonyl (C=O) groups is 2. The Morgan fingerprint density at radius 2 is 1.92 bits per heavy atom. The van der Waals surface area contributed by atoms with Crippen molar-refractivity contribution in [1.82, 2.24) is 16.0 Å². The summed E-state index contributed by atoms with van der Waals surface area (Å²) in [5.74, 6) is -0.225. The van der Waals surface area contributed by atoms with Crippen molar-refractivity contribution >= 4 is 11.8 Å². The third-order valence-corrected chi connectivity index (χ3v) is 3.60. The first-order valence-corrected chi connectivity index (χ1v) is 7.79. The van der Waals surface area contributed by atoms with Gasteiger partial charge in [0.25, 0.3) is 5.91 Å². The first-order chi connectivity index (χ1) is 11.9. The Balaban J connectivity index is 1.74. The molecule has 1 atom stereocenters. The molecule has 2 rings (SSSR count). The van der Waals surface area contributed by atoms with Gasteiger partial charge in [-0.1, -0.05) is 5.16 Å². The Morgan fingerprint density at radius 3 is 2.52 bits per heavy atom. The smallest absolute Gasteiger partial charge is 0.279 e. The van der Waals surface area contributed by atoms with Gasteiger partial charge in [-0.15, -0.1) is 0 Å². The van der Waals surface area contributed by atoms with Gasteiger partial charge in [0, 0.05) is 12.0 Å². The summed E-state index contributed by atoms with van der Waals surface area (Å²) in [5, 5.41) is 3.82. The third kappa shape index (κ3) is 5.30. The molecule has 2 amide bonds. The average molecular weight is 349 g/mol. The fourth-order valence-corrected chi connectivity index (χ4v) is 2.16. The molecule has 25 heavy (non-hydrogen) atoms. The van der Waals surface area contributed by atoms with Crippen LogP contribution in [0, 0.1) is 19.7 Å². The predicted octanol–water partition coefficient (Wildman–Crippen LogP) is 1.98. The molecule has 0 radical (unpaired) electrons. The molecule has 1 heterocycles. The van der Waals surface area contributed by atoms with E-state index in [4.69, 9.17) is 9.26 Å². The van der Waals surface area contributed by atoms with Crippen molar-refractivity contribution in [3.05, 3.63) is 47.1 Å². The second-order valence-corrected chi connectivity index (χ2v) is 5.55. The number of carbonyl (C=O) groups excluding carboxylic acids is 2. The van der Waals surface area contributed by atoms with E-state index in [1.807, 2.05) is 0 Å². The molecule has 0 aliphatic rings. The first kappa shape index (κ1) is 18.4. The highest BCUT2D eigenvalue weighted by Crippen LogP contribution is 2.14. The van der Waals surface area contributed by atoms with Crippen molar-refractivity contribution in [2.75, 3.05) is 0 Å². The van der Waals surface area contributed by atoms with Crippen LogP contribution in [-0.4, -0.2) is 23.1 Å². The number of nitrogens with zero attached hydrogens (tertiary/aromatic N) is 1. The van der Waals surface area contributed by atoms with Crippen molar-refractivity contribution in [3.63, 3.8) is 0 Å². The summed E-state index contributed by atoms with van der Waals surface area (Å²) in [6.45, 7) is 5.11. The van der Waals surface area contributed by atoms with Crippen LogP contribution in [0.2, 0.25) is 0 Å². The third-order valence-electron chi connectivity index (χ3n) is 3.60. The Hall–Kier alpha value is -2.90. The molecule has 0 unspecified atom stereocenters. The van der Waals surface area contributed by atoms with Crippen molar-refractivity contribution in [3.8, 4) is 5.75 Å². The lowest BCUT2D eigenvalue weighted by Gasteiger charge is -2.15. The molecule has 0 spiro atoms. The van der Waals surface area contributed by atoms with E-state index in [0.29, 0.717) is 17.9 Å². The molecule has 2 N–H and O–H groups in total. The topological polar surface area (TPSA) is 93.5 Å². The van der Waals surface area contributed by atoms with Crippen molar-refractivity contribution in [2.24, 2.45) is 0 Å². The van der Waals surface area contributed by atoms with Gasteiger partial charge in [-0.2, -0.15) is 0 Å². The lowest BCUT2D eigenvalue weighted by atomic mass is 10.1. The number of benzene rings is 1. The van der Waals surface area contributed by atoms with Crippen LogP contribution in [0.4, 0.5) is 4.39 Å². The normalized spacial score (nSPS) is 11.7. The average Bonchev–Trinajstić information content (AvgIpc) is 2.91. The van der Waals surface area contributed by atoms with Crippen molar-refractivity contribution in [1.29, 1.82) is 0 Å². The number of hydrogen-bond acceptors (Lipinski definition) is 5. The Bertz CT molecular complexity index is 723. The fourth-order valence-electron chi connectivity index (χ4n) is 2.16. The van der Waals surface area contributed by atoms with Gasteiger partial charge in [0.15, 0.2) is 6.10 Å². The molecule has 0 fully saturated rings. The second-order valence-electron chi connectivity index (χ2n) is 5.55. The summed E-state index contributed by atoms with van der Waals surface area (Å²) in [4.78, 5) is 23.7. The number of ether oxygens (including phenoxy) is 1. The number of amides is 2. The lowest BCUT2D eigenvalue weighted by Crippen LogP contribution is -2.47. The van der Waals surface area contributed by atoms with Crippen LogP contribution in [0.25, 0.3) is 0 Å². The lowest BCUT2D eigenvalue weighted by molar-refractivity contribution is -0.132. The highest BCUT2D eigenvalue weighted by Gasteiger charge is 2.16. The summed E-state index contributed by atoms with van der Waals surface area (Å²) in [7, 11) is 0. The highest BCUT2D eigenvalue weighted by molar-refractivity contribution is 5.84. The fraction of sp³-hybridized carbons (Fsp3) is 0.353. The van der Waals surface area contributed by atoms with Gasteiger partial charge >= 0.3 is 0 Å². The van der Waals surface area contributed by atoms with Crippen LogP contribution in [-0.2, 0) is 16.0 Å². The van der Waals surface area contributed by atoms with Gasteiger partial charge in [0.1, 0.15) is 17.3 Å². The van der Waals surface area contributed by atoms with Gasteiger partial charge in [-0.05, 0) is 51.5 Å². The standard InChI is InChI=1S/C17H20FN3O4/c1-10-15(11(2)25-21-10)8-9-16(22)19-20-17(23)12(3)24-14-6-4-13(18)5-7-14/h4-7,12H,8-9H2,1-3H3,(H,19,22)(H,20,23)/t12-/m0/s1. The molecule has 0 saturated heterocycles. The molecule has 134 valence electrons. The maximum atomic E-state index is 12.8. The molecular formula is C17H20FN3O4. The van der Waals surface area contributed by atoms with E-state index in [1.54, 1.807) is 13.8 Å². The number of aryl methyl sites for hydroxylation is 2. The number of hydrogen-bond donors (Lipinski definition) is 2. The van der Waals surface area contributed by atoms with Gasteiger partial charge in [0.2, 0.25) is 5.91 Å². The van der Waals surface area contributed by atoms with Crippen LogP contribution in [0.5, 0.6) is 5.75 Å². The Kier molecular flexibility index (Phi) is 6.10. The van der Waals surface area contributed by atoms with Crippen LogP contribution in [0.3, 0.4) is 0 Å². The van der Waals surface area contributed by atoms with Gasteiger partial charge < -0.3 is 9.26 Å². The van der Waals surface area contributed by atoms with Crippen LogP contribution in [0.15, 0.2) is 28.8 Å². The van der Waals surface area contributed by atoms with E-state index in [2.05, 4.69) is 16.0 Å². The Labute approximate surface area is 144 Å². The molecular weight excluding hydrogens is 329 g/mol. The number of nitrogens with one attached hydrogen (secondary N) is 2. The minimum absolute atomic E-state index is 0.177.